The first-order valence-corrected chi connectivity index (χ1v) is 4.92. The third-order valence-electron chi connectivity index (χ3n) is 1.28. The van der Waals surface area contributed by atoms with E-state index in [1.807, 2.05) is 24.4 Å². The molecule has 0 aliphatic heterocycles. The Kier molecular flexibility index (Phi) is 4.01. The van der Waals surface area contributed by atoms with Crippen molar-refractivity contribution >= 4 is 11.8 Å². The molecule has 1 heterocycles. The Hall–Kier alpha value is -0.540. The molecule has 1 aromatic rings. The molecular formula is C8H12N2S. The van der Waals surface area contributed by atoms with Crippen molar-refractivity contribution in [1.82, 2.24) is 10.3 Å². The molecule has 0 spiro atoms. The van der Waals surface area contributed by atoms with Gasteiger partial charge in [-0.2, -0.15) is 0 Å². The van der Waals surface area contributed by atoms with Crippen molar-refractivity contribution in [2.24, 2.45) is 0 Å². The molecule has 11 heavy (non-hydrogen) atoms. The van der Waals surface area contributed by atoms with Gasteiger partial charge >= 0.3 is 0 Å². The fraction of sp³-hybridized carbons (Fsp3) is 0.375. The van der Waals surface area contributed by atoms with Gasteiger partial charge < -0.3 is 5.32 Å². The predicted molar refractivity (Wildman–Crippen MR) is 49.5 cm³/mol. The first-order chi connectivity index (χ1) is 5.43. The molecule has 1 rings (SSSR count). The number of rotatable bonds is 4. The molecule has 0 aliphatic rings. The molecule has 1 aromatic heterocycles. The second kappa shape index (κ2) is 5.16. The van der Waals surface area contributed by atoms with Crippen LogP contribution in [0.3, 0.4) is 0 Å². The summed E-state index contributed by atoms with van der Waals surface area (Å²) < 4.78 is 0. The van der Waals surface area contributed by atoms with Gasteiger partial charge in [0.1, 0.15) is 0 Å². The smallest absolute Gasteiger partial charge is 0.0541 e. The molecule has 0 aliphatic carbocycles. The summed E-state index contributed by atoms with van der Waals surface area (Å²) in [5.74, 6) is 0.983. The van der Waals surface area contributed by atoms with Crippen molar-refractivity contribution < 1.29 is 0 Å². The number of thioether (sulfide) groups is 1. The second-order valence-electron chi connectivity index (χ2n) is 2.18. The Morgan fingerprint density at radius 2 is 2.45 bits per heavy atom. The first kappa shape index (κ1) is 8.56. The van der Waals surface area contributed by atoms with Gasteiger partial charge in [-0.1, -0.05) is 6.07 Å². The molecule has 0 amide bonds. The molecule has 0 fully saturated rings. The summed E-state index contributed by atoms with van der Waals surface area (Å²) in [6.45, 7) is 0.863. The Morgan fingerprint density at radius 1 is 1.55 bits per heavy atom. The van der Waals surface area contributed by atoms with Crippen molar-refractivity contribution in [2.75, 3.05) is 12.1 Å². The van der Waals surface area contributed by atoms with Crippen molar-refractivity contribution in [3.63, 3.8) is 0 Å². The van der Waals surface area contributed by atoms with Crippen LogP contribution in [-0.4, -0.2) is 17.1 Å². The lowest BCUT2D eigenvalue weighted by molar-refractivity contribution is 0.773. The molecule has 60 valence electrons. The third-order valence-corrected chi connectivity index (χ3v) is 1.77. The molecular weight excluding hydrogens is 156 g/mol. The van der Waals surface area contributed by atoms with Gasteiger partial charge in [-0.3, -0.25) is 4.98 Å². The number of nitrogens with one attached hydrogen (secondary N) is 1. The highest BCUT2D eigenvalue weighted by molar-refractivity contribution is 7.98. The molecule has 0 saturated carbocycles. The van der Waals surface area contributed by atoms with E-state index in [4.69, 9.17) is 0 Å². The maximum Gasteiger partial charge on any atom is 0.0541 e. The zero-order valence-electron chi connectivity index (χ0n) is 6.58. The Labute approximate surface area is 71.4 Å². The fourth-order valence-electron chi connectivity index (χ4n) is 0.784. The number of nitrogens with zero attached hydrogens (tertiary/aromatic N) is 1. The summed E-state index contributed by atoms with van der Waals surface area (Å²) >= 11 is 1.78. The minimum absolute atomic E-state index is 0.863. The van der Waals surface area contributed by atoms with Gasteiger partial charge in [0.05, 0.1) is 5.69 Å². The quantitative estimate of drug-likeness (QED) is 0.544. The monoisotopic (exact) mass is 168 g/mol. The predicted octanol–water partition coefficient (Wildman–Crippen LogP) is 1.49. The highest BCUT2D eigenvalue weighted by Crippen LogP contribution is 1.93. The van der Waals surface area contributed by atoms with Crippen LogP contribution in [0.5, 0.6) is 0 Å². The van der Waals surface area contributed by atoms with E-state index in [1.165, 1.54) is 0 Å². The van der Waals surface area contributed by atoms with E-state index in [9.17, 15) is 0 Å². The van der Waals surface area contributed by atoms with E-state index in [-0.39, 0.29) is 0 Å². The molecule has 0 radical (unpaired) electrons. The largest absolute Gasteiger partial charge is 0.302 e. The first-order valence-electron chi connectivity index (χ1n) is 3.53. The highest BCUT2D eigenvalue weighted by Gasteiger charge is 1.89. The van der Waals surface area contributed by atoms with Gasteiger partial charge in [0, 0.05) is 18.6 Å². The van der Waals surface area contributed by atoms with Gasteiger partial charge in [0.15, 0.2) is 0 Å². The average Bonchev–Trinajstić information content (AvgIpc) is 2.07. The van der Waals surface area contributed by atoms with Crippen molar-refractivity contribution in [3.8, 4) is 0 Å². The Morgan fingerprint density at radius 3 is 3.09 bits per heavy atom. The van der Waals surface area contributed by atoms with Crippen LogP contribution < -0.4 is 5.32 Å². The van der Waals surface area contributed by atoms with Crippen LogP contribution in [0.1, 0.15) is 5.69 Å². The maximum atomic E-state index is 4.18. The average molecular weight is 168 g/mol. The molecule has 0 atom stereocenters. The Balaban J connectivity index is 2.28. The number of aromatic nitrogens is 1. The lowest BCUT2D eigenvalue weighted by atomic mass is 10.3. The van der Waals surface area contributed by atoms with Crippen molar-refractivity contribution in [2.45, 2.75) is 6.54 Å². The normalized spacial score (nSPS) is 9.91. The minimum Gasteiger partial charge on any atom is -0.302 e. The van der Waals surface area contributed by atoms with Gasteiger partial charge in [0.2, 0.25) is 0 Å². The third kappa shape index (κ3) is 3.39. The fourth-order valence-corrected chi connectivity index (χ4v) is 1.09. The lowest BCUT2D eigenvalue weighted by Crippen LogP contribution is -2.12. The zero-order chi connectivity index (χ0) is 7.94. The van der Waals surface area contributed by atoms with E-state index >= 15 is 0 Å². The van der Waals surface area contributed by atoms with Gasteiger partial charge in [-0.25, -0.2) is 0 Å². The van der Waals surface area contributed by atoms with E-state index < -0.39 is 0 Å². The molecule has 0 aromatic carbocycles. The van der Waals surface area contributed by atoms with Gasteiger partial charge in [-0.15, -0.1) is 11.8 Å². The van der Waals surface area contributed by atoms with Crippen LogP contribution in [-0.2, 0) is 6.54 Å². The molecule has 0 unspecified atom stereocenters. The number of pyridine rings is 1. The van der Waals surface area contributed by atoms with Gasteiger partial charge in [-0.05, 0) is 18.4 Å². The van der Waals surface area contributed by atoms with E-state index in [1.54, 1.807) is 11.8 Å². The minimum atomic E-state index is 0.863. The topological polar surface area (TPSA) is 24.9 Å². The van der Waals surface area contributed by atoms with Crippen molar-refractivity contribution in [3.05, 3.63) is 30.1 Å². The summed E-state index contributed by atoms with van der Waals surface area (Å²) in [5.41, 5.74) is 1.10. The molecule has 2 nitrogen and oxygen atoms in total. The van der Waals surface area contributed by atoms with Crippen LogP contribution >= 0.6 is 11.8 Å². The SMILES string of the molecule is CSCNCc1ccccn1. The summed E-state index contributed by atoms with van der Waals surface area (Å²) in [7, 11) is 0. The van der Waals surface area contributed by atoms with E-state index in [0.717, 1.165) is 18.1 Å². The standard InChI is InChI=1S/C8H12N2S/c1-11-7-9-6-8-4-2-3-5-10-8/h2-5,9H,6-7H2,1H3. The highest BCUT2D eigenvalue weighted by atomic mass is 32.2. The lowest BCUT2D eigenvalue weighted by Gasteiger charge is -2.00. The summed E-state index contributed by atoms with van der Waals surface area (Å²) in [5, 5.41) is 3.25. The van der Waals surface area contributed by atoms with E-state index in [2.05, 4.69) is 16.6 Å². The zero-order valence-corrected chi connectivity index (χ0v) is 7.40. The van der Waals surface area contributed by atoms with Crippen LogP contribution in [0.25, 0.3) is 0 Å². The summed E-state index contributed by atoms with van der Waals surface area (Å²) in [4.78, 5) is 4.18. The van der Waals surface area contributed by atoms with Crippen LogP contribution in [0, 0.1) is 0 Å². The van der Waals surface area contributed by atoms with Crippen molar-refractivity contribution in [1.29, 1.82) is 0 Å². The van der Waals surface area contributed by atoms with Crippen LogP contribution in [0.15, 0.2) is 24.4 Å². The Bertz CT molecular complexity index is 189. The molecule has 1 N–H and O–H groups in total. The summed E-state index contributed by atoms with van der Waals surface area (Å²) in [6.07, 6.45) is 3.89. The van der Waals surface area contributed by atoms with Gasteiger partial charge in [0.25, 0.3) is 0 Å². The molecule has 0 saturated heterocycles. The molecule has 3 heteroatoms. The summed E-state index contributed by atoms with van der Waals surface area (Å²) in [6, 6.07) is 5.95. The van der Waals surface area contributed by atoms with Crippen LogP contribution in [0.4, 0.5) is 0 Å². The maximum absolute atomic E-state index is 4.18. The molecule has 0 bridgehead atoms. The van der Waals surface area contributed by atoms with Crippen LogP contribution in [0.2, 0.25) is 0 Å². The number of hydrogen-bond acceptors (Lipinski definition) is 3. The second-order valence-corrected chi connectivity index (χ2v) is 3.05. The number of hydrogen-bond donors (Lipinski definition) is 1. The van der Waals surface area contributed by atoms with E-state index in [0.29, 0.717) is 0 Å².